The van der Waals surface area contributed by atoms with E-state index in [1.807, 2.05) is 6.07 Å². The van der Waals surface area contributed by atoms with Crippen LogP contribution in [0, 0.1) is 17.1 Å². The fraction of sp³-hybridized carbons (Fsp3) is 0.227. The molecule has 0 amide bonds. The fourth-order valence-electron chi connectivity index (χ4n) is 3.31. The van der Waals surface area contributed by atoms with Gasteiger partial charge in [0.25, 0.3) is 0 Å². The number of benzene rings is 2. The monoisotopic (exact) mass is 471 g/mol. The molecule has 1 atom stereocenters. The second-order valence-electron chi connectivity index (χ2n) is 7.05. The van der Waals surface area contributed by atoms with E-state index in [-0.39, 0.29) is 29.4 Å². The first-order chi connectivity index (χ1) is 15.4. The molecule has 32 heavy (non-hydrogen) atoms. The Kier molecular flexibility index (Phi) is 6.43. The number of morpholine rings is 1. The van der Waals surface area contributed by atoms with Crippen molar-refractivity contribution in [3.63, 3.8) is 0 Å². The zero-order valence-corrected chi connectivity index (χ0v) is 18.4. The van der Waals surface area contributed by atoms with Crippen LogP contribution < -0.4 is 0 Å². The number of Topliss-reactive ketones (excluding diaryl/α,β-unsaturated/α-hetero) is 1. The summed E-state index contributed by atoms with van der Waals surface area (Å²) in [5.41, 5.74) is 1.31. The van der Waals surface area contributed by atoms with E-state index in [1.54, 1.807) is 17.5 Å². The van der Waals surface area contributed by atoms with Crippen LogP contribution in [0.3, 0.4) is 0 Å². The van der Waals surface area contributed by atoms with Gasteiger partial charge < -0.3 is 4.74 Å². The number of carbonyl (C=O) groups is 1. The summed E-state index contributed by atoms with van der Waals surface area (Å²) in [7, 11) is -3.78. The van der Waals surface area contributed by atoms with Crippen LogP contribution in [-0.4, -0.2) is 49.8 Å². The molecule has 164 valence electrons. The highest BCUT2D eigenvalue weighted by Crippen LogP contribution is 2.29. The lowest BCUT2D eigenvalue weighted by Crippen LogP contribution is -2.40. The molecule has 2 heterocycles. The highest BCUT2D eigenvalue weighted by molar-refractivity contribution is 7.89. The second-order valence-corrected chi connectivity index (χ2v) is 9.88. The van der Waals surface area contributed by atoms with Crippen molar-refractivity contribution in [2.24, 2.45) is 0 Å². The van der Waals surface area contributed by atoms with Crippen molar-refractivity contribution < 1.29 is 22.3 Å². The van der Waals surface area contributed by atoms with Crippen LogP contribution in [0.15, 0.2) is 58.8 Å². The first kappa shape index (κ1) is 22.2. The summed E-state index contributed by atoms with van der Waals surface area (Å²) in [5.74, 6) is -2.09. The van der Waals surface area contributed by atoms with Crippen molar-refractivity contribution in [2.75, 3.05) is 26.3 Å². The first-order valence-corrected chi connectivity index (χ1v) is 12.1. The van der Waals surface area contributed by atoms with Crippen LogP contribution in [0.25, 0.3) is 11.3 Å². The number of nitrogens with zero attached hydrogens (tertiary/aromatic N) is 3. The summed E-state index contributed by atoms with van der Waals surface area (Å²) in [4.78, 5) is 17.5. The summed E-state index contributed by atoms with van der Waals surface area (Å²) in [5, 5.41) is 11.7. The lowest BCUT2D eigenvalue weighted by molar-refractivity contribution is 0.0730. The summed E-state index contributed by atoms with van der Waals surface area (Å²) in [6, 6.07) is 13.4. The highest BCUT2D eigenvalue weighted by atomic mass is 32.2. The summed E-state index contributed by atoms with van der Waals surface area (Å²) in [6.07, 6.45) is 0. The Balaban J connectivity index is 1.60. The van der Waals surface area contributed by atoms with Gasteiger partial charge in [0.05, 0.1) is 29.9 Å². The Labute approximate surface area is 188 Å². The third kappa shape index (κ3) is 4.47. The van der Waals surface area contributed by atoms with Crippen LogP contribution in [0.4, 0.5) is 4.39 Å². The predicted molar refractivity (Wildman–Crippen MR) is 116 cm³/mol. The third-order valence-electron chi connectivity index (χ3n) is 5.03. The minimum Gasteiger partial charge on any atom is -0.379 e. The molecule has 1 aromatic heterocycles. The van der Waals surface area contributed by atoms with Gasteiger partial charge in [-0.3, -0.25) is 4.79 Å². The topological polar surface area (TPSA) is 100 Å². The van der Waals surface area contributed by atoms with Gasteiger partial charge in [0.15, 0.2) is 11.7 Å². The van der Waals surface area contributed by atoms with E-state index >= 15 is 0 Å². The molecular weight excluding hydrogens is 453 g/mol. The number of rotatable bonds is 6. The van der Waals surface area contributed by atoms with Crippen molar-refractivity contribution in [3.05, 3.63) is 70.3 Å². The second kappa shape index (κ2) is 9.26. The van der Waals surface area contributed by atoms with Gasteiger partial charge in [-0.05, 0) is 36.4 Å². The number of nitriles is 1. The van der Waals surface area contributed by atoms with E-state index in [9.17, 15) is 22.9 Å². The number of thiazole rings is 1. The Morgan fingerprint density at radius 2 is 1.91 bits per heavy atom. The quantitative estimate of drug-likeness (QED) is 0.511. The van der Waals surface area contributed by atoms with Gasteiger partial charge >= 0.3 is 0 Å². The molecular formula is C22H18FN3O4S2. The molecule has 10 heteroatoms. The molecule has 0 radical (unpaired) electrons. The average Bonchev–Trinajstić information content (AvgIpc) is 3.30. The van der Waals surface area contributed by atoms with Crippen LogP contribution in [0.5, 0.6) is 0 Å². The predicted octanol–water partition coefficient (Wildman–Crippen LogP) is 3.46. The highest BCUT2D eigenvalue weighted by Gasteiger charge is 2.29. The Bertz CT molecular complexity index is 1280. The number of hydrogen-bond acceptors (Lipinski definition) is 7. The van der Waals surface area contributed by atoms with Crippen LogP contribution in [-0.2, 0) is 14.8 Å². The number of carbonyl (C=O) groups excluding carboxylic acids is 1. The summed E-state index contributed by atoms with van der Waals surface area (Å²) >= 11 is 1.15. The van der Waals surface area contributed by atoms with Crippen LogP contribution >= 0.6 is 11.3 Å². The molecule has 3 aromatic rings. The number of ether oxygens (including phenoxy) is 1. The number of halogens is 1. The molecule has 2 aromatic carbocycles. The smallest absolute Gasteiger partial charge is 0.243 e. The van der Waals surface area contributed by atoms with E-state index in [4.69, 9.17) is 4.74 Å². The zero-order valence-electron chi connectivity index (χ0n) is 16.8. The molecule has 1 saturated heterocycles. The van der Waals surface area contributed by atoms with E-state index in [2.05, 4.69) is 4.98 Å². The fourth-order valence-corrected chi connectivity index (χ4v) is 5.63. The molecule has 1 fully saturated rings. The lowest BCUT2D eigenvalue weighted by Gasteiger charge is -2.26. The molecule has 0 bridgehead atoms. The van der Waals surface area contributed by atoms with Crippen LogP contribution in [0.2, 0.25) is 0 Å². The molecule has 7 nitrogen and oxygen atoms in total. The summed E-state index contributed by atoms with van der Waals surface area (Å²) < 4.78 is 45.5. The maximum Gasteiger partial charge on any atom is 0.243 e. The van der Waals surface area contributed by atoms with Gasteiger partial charge in [-0.25, -0.2) is 17.8 Å². The Morgan fingerprint density at radius 3 is 2.59 bits per heavy atom. The van der Waals surface area contributed by atoms with E-state index in [1.165, 1.54) is 40.7 Å². The average molecular weight is 472 g/mol. The number of sulfonamides is 1. The first-order valence-electron chi connectivity index (χ1n) is 9.73. The third-order valence-corrected chi connectivity index (χ3v) is 7.83. The lowest BCUT2D eigenvalue weighted by atomic mass is 9.99. The summed E-state index contributed by atoms with van der Waals surface area (Å²) in [6.45, 7) is 1.11. The van der Waals surface area contributed by atoms with Crippen molar-refractivity contribution in [1.82, 2.24) is 9.29 Å². The van der Waals surface area contributed by atoms with Crippen LogP contribution in [0.1, 0.15) is 21.3 Å². The van der Waals surface area contributed by atoms with Gasteiger partial charge in [0.1, 0.15) is 10.8 Å². The minimum absolute atomic E-state index is 0.00641. The standard InChI is InChI=1S/C22H18FN3O4S2/c23-17-6-4-15(5-7-17)20-14-31-22(25-20)19(13-24)21(27)16-2-1-3-18(12-16)32(28,29)26-8-10-30-11-9-26/h1-7,12,14,19H,8-11H2. The maximum absolute atomic E-state index is 13.2. The van der Waals surface area contributed by atoms with E-state index < -0.39 is 21.7 Å². The van der Waals surface area contributed by atoms with E-state index in [0.29, 0.717) is 29.5 Å². The Morgan fingerprint density at radius 1 is 1.19 bits per heavy atom. The van der Waals surface area contributed by atoms with Crippen molar-refractivity contribution in [3.8, 4) is 17.3 Å². The van der Waals surface area contributed by atoms with Gasteiger partial charge in [0.2, 0.25) is 10.0 Å². The molecule has 4 rings (SSSR count). The van der Waals surface area contributed by atoms with Gasteiger partial charge in [-0.15, -0.1) is 11.3 Å². The number of aromatic nitrogens is 1. The molecule has 0 N–H and O–H groups in total. The molecule has 0 aliphatic carbocycles. The normalized spacial score (nSPS) is 15.8. The van der Waals surface area contributed by atoms with Gasteiger partial charge in [-0.2, -0.15) is 9.57 Å². The number of hydrogen-bond donors (Lipinski definition) is 0. The minimum atomic E-state index is -3.78. The molecule has 1 aliphatic rings. The molecule has 0 spiro atoms. The van der Waals surface area contributed by atoms with Crippen molar-refractivity contribution >= 4 is 27.1 Å². The van der Waals surface area contributed by atoms with Crippen molar-refractivity contribution in [1.29, 1.82) is 5.26 Å². The molecule has 1 aliphatic heterocycles. The SMILES string of the molecule is N#CC(C(=O)c1cccc(S(=O)(=O)N2CCOCC2)c1)c1nc(-c2ccc(F)cc2)cs1. The Hall–Kier alpha value is -2.97. The zero-order chi connectivity index (χ0) is 22.7. The largest absolute Gasteiger partial charge is 0.379 e. The van der Waals surface area contributed by atoms with E-state index in [0.717, 1.165) is 11.3 Å². The molecule has 0 saturated carbocycles. The number of ketones is 1. The van der Waals surface area contributed by atoms with Gasteiger partial charge in [0, 0.05) is 29.6 Å². The maximum atomic E-state index is 13.2. The van der Waals surface area contributed by atoms with Crippen molar-refractivity contribution in [2.45, 2.75) is 10.8 Å². The van der Waals surface area contributed by atoms with Gasteiger partial charge in [-0.1, -0.05) is 12.1 Å². The molecule has 1 unspecified atom stereocenters.